The Hall–Kier alpha value is -1.09. The second-order valence-corrected chi connectivity index (χ2v) is 4.18. The van der Waals surface area contributed by atoms with E-state index in [0.717, 1.165) is 6.42 Å². The van der Waals surface area contributed by atoms with Crippen LogP contribution in [-0.2, 0) is 11.2 Å². The first kappa shape index (κ1) is 10.4. The zero-order chi connectivity index (χ0) is 10.8. The third-order valence-electron chi connectivity index (χ3n) is 2.56. The Morgan fingerprint density at radius 2 is 2.33 bits per heavy atom. The molecule has 1 N–H and O–H groups in total. The molecule has 1 unspecified atom stereocenters. The highest BCUT2D eigenvalue weighted by molar-refractivity contribution is 6.30. The van der Waals surface area contributed by atoms with Gasteiger partial charge in [0.15, 0.2) is 0 Å². The van der Waals surface area contributed by atoms with E-state index in [-0.39, 0.29) is 17.8 Å². The Morgan fingerprint density at radius 3 is 3.00 bits per heavy atom. The summed E-state index contributed by atoms with van der Waals surface area (Å²) in [4.78, 5) is 11.0. The van der Waals surface area contributed by atoms with Gasteiger partial charge in [-0.15, -0.1) is 0 Å². The average molecular weight is 228 g/mol. The molecule has 0 saturated carbocycles. The standard InChI is InChI=1S/C11H11ClFNO/c12-8-1-3-10(13)7(5-8)6-9-2-4-11(15)14-9/h1,3,5,9H,2,4,6H2,(H,14,15). The number of carbonyl (C=O) groups excluding carboxylic acids is 1. The third-order valence-corrected chi connectivity index (χ3v) is 2.79. The predicted octanol–water partition coefficient (Wildman–Crippen LogP) is 2.30. The first-order valence-corrected chi connectivity index (χ1v) is 5.26. The van der Waals surface area contributed by atoms with Crippen molar-refractivity contribution in [3.05, 3.63) is 34.6 Å². The highest BCUT2D eigenvalue weighted by Gasteiger charge is 2.21. The summed E-state index contributed by atoms with van der Waals surface area (Å²) in [6.07, 6.45) is 1.82. The molecule has 1 fully saturated rings. The normalized spacial score (nSPS) is 20.4. The number of halogens is 2. The number of nitrogens with one attached hydrogen (secondary N) is 1. The molecule has 1 aromatic rings. The van der Waals surface area contributed by atoms with Gasteiger partial charge in [0.1, 0.15) is 5.82 Å². The fraction of sp³-hybridized carbons (Fsp3) is 0.364. The first-order chi connectivity index (χ1) is 7.15. The van der Waals surface area contributed by atoms with Crippen LogP contribution in [-0.4, -0.2) is 11.9 Å². The van der Waals surface area contributed by atoms with E-state index in [0.29, 0.717) is 23.4 Å². The van der Waals surface area contributed by atoms with E-state index in [1.165, 1.54) is 12.1 Å². The maximum absolute atomic E-state index is 13.3. The minimum Gasteiger partial charge on any atom is -0.353 e. The van der Waals surface area contributed by atoms with Crippen LogP contribution in [0.2, 0.25) is 5.02 Å². The van der Waals surface area contributed by atoms with Gasteiger partial charge in [0.2, 0.25) is 5.91 Å². The van der Waals surface area contributed by atoms with Crippen LogP contribution in [0.1, 0.15) is 18.4 Å². The van der Waals surface area contributed by atoms with Crippen molar-refractivity contribution in [2.75, 3.05) is 0 Å². The number of benzene rings is 1. The molecule has 1 amide bonds. The Labute approximate surface area is 92.4 Å². The third kappa shape index (κ3) is 2.48. The summed E-state index contributed by atoms with van der Waals surface area (Å²) < 4.78 is 13.3. The smallest absolute Gasteiger partial charge is 0.220 e. The highest BCUT2D eigenvalue weighted by atomic mass is 35.5. The molecule has 0 aromatic heterocycles. The van der Waals surface area contributed by atoms with Crippen molar-refractivity contribution in [1.29, 1.82) is 0 Å². The zero-order valence-corrected chi connectivity index (χ0v) is 8.85. The van der Waals surface area contributed by atoms with E-state index in [9.17, 15) is 9.18 Å². The fourth-order valence-electron chi connectivity index (χ4n) is 1.80. The molecule has 2 nitrogen and oxygen atoms in total. The molecule has 1 saturated heterocycles. The van der Waals surface area contributed by atoms with E-state index in [2.05, 4.69) is 5.32 Å². The zero-order valence-electron chi connectivity index (χ0n) is 8.09. The van der Waals surface area contributed by atoms with Crippen molar-refractivity contribution >= 4 is 17.5 Å². The van der Waals surface area contributed by atoms with E-state index < -0.39 is 0 Å². The van der Waals surface area contributed by atoms with Gasteiger partial charge in [-0.2, -0.15) is 0 Å². The van der Waals surface area contributed by atoms with E-state index >= 15 is 0 Å². The van der Waals surface area contributed by atoms with Crippen molar-refractivity contribution in [3.8, 4) is 0 Å². The lowest BCUT2D eigenvalue weighted by atomic mass is 10.0. The highest BCUT2D eigenvalue weighted by Crippen LogP contribution is 2.19. The second-order valence-electron chi connectivity index (χ2n) is 3.74. The van der Waals surface area contributed by atoms with E-state index in [4.69, 9.17) is 11.6 Å². The van der Waals surface area contributed by atoms with Crippen LogP contribution < -0.4 is 5.32 Å². The summed E-state index contributed by atoms with van der Waals surface area (Å²) in [5.41, 5.74) is 0.565. The largest absolute Gasteiger partial charge is 0.353 e. The number of hydrogen-bond donors (Lipinski definition) is 1. The van der Waals surface area contributed by atoms with Crippen LogP contribution in [0.5, 0.6) is 0 Å². The molecule has 1 atom stereocenters. The summed E-state index contributed by atoms with van der Waals surface area (Å²) in [6, 6.07) is 4.54. The van der Waals surface area contributed by atoms with Gasteiger partial charge in [-0.05, 0) is 36.6 Å². The summed E-state index contributed by atoms with van der Waals surface area (Å²) in [5.74, 6) is -0.219. The molecule has 1 aliphatic heterocycles. The molecule has 1 aliphatic rings. The van der Waals surface area contributed by atoms with Crippen molar-refractivity contribution < 1.29 is 9.18 Å². The molecular formula is C11H11ClFNO. The monoisotopic (exact) mass is 227 g/mol. The Kier molecular flexibility index (Phi) is 2.91. The van der Waals surface area contributed by atoms with Crippen LogP contribution in [0.15, 0.2) is 18.2 Å². The summed E-state index contributed by atoms with van der Waals surface area (Å²) >= 11 is 5.78. The Bertz CT molecular complexity index is 394. The summed E-state index contributed by atoms with van der Waals surface area (Å²) in [7, 11) is 0. The molecule has 4 heteroatoms. The molecule has 2 rings (SSSR count). The van der Waals surface area contributed by atoms with E-state index in [1.807, 2.05) is 0 Å². The minimum absolute atomic E-state index is 0.0439. The van der Waals surface area contributed by atoms with Gasteiger partial charge in [-0.1, -0.05) is 11.6 Å². The number of hydrogen-bond acceptors (Lipinski definition) is 1. The van der Waals surface area contributed by atoms with Crippen molar-refractivity contribution in [3.63, 3.8) is 0 Å². The molecular weight excluding hydrogens is 217 g/mol. The van der Waals surface area contributed by atoms with Gasteiger partial charge in [0, 0.05) is 17.5 Å². The fourth-order valence-corrected chi connectivity index (χ4v) is 1.99. The molecule has 0 aliphatic carbocycles. The molecule has 1 heterocycles. The van der Waals surface area contributed by atoms with Gasteiger partial charge >= 0.3 is 0 Å². The summed E-state index contributed by atoms with van der Waals surface area (Å²) in [5, 5.41) is 3.32. The van der Waals surface area contributed by atoms with Crippen molar-refractivity contribution in [2.45, 2.75) is 25.3 Å². The van der Waals surface area contributed by atoms with Gasteiger partial charge in [0.05, 0.1) is 0 Å². The van der Waals surface area contributed by atoms with Crippen LogP contribution in [0.3, 0.4) is 0 Å². The molecule has 80 valence electrons. The maximum atomic E-state index is 13.3. The lowest BCUT2D eigenvalue weighted by molar-refractivity contribution is -0.119. The summed E-state index contributed by atoms with van der Waals surface area (Å²) in [6.45, 7) is 0. The van der Waals surface area contributed by atoms with Crippen LogP contribution in [0.4, 0.5) is 4.39 Å². The van der Waals surface area contributed by atoms with Crippen LogP contribution in [0.25, 0.3) is 0 Å². The first-order valence-electron chi connectivity index (χ1n) is 4.88. The maximum Gasteiger partial charge on any atom is 0.220 e. The molecule has 15 heavy (non-hydrogen) atoms. The quantitative estimate of drug-likeness (QED) is 0.825. The van der Waals surface area contributed by atoms with Gasteiger partial charge in [-0.25, -0.2) is 4.39 Å². The Morgan fingerprint density at radius 1 is 1.53 bits per heavy atom. The second kappa shape index (κ2) is 4.19. The van der Waals surface area contributed by atoms with Crippen LogP contribution in [0, 0.1) is 5.82 Å². The molecule has 1 aromatic carbocycles. The number of carbonyl (C=O) groups is 1. The average Bonchev–Trinajstić information content (AvgIpc) is 2.58. The molecule has 0 bridgehead atoms. The van der Waals surface area contributed by atoms with Gasteiger partial charge < -0.3 is 5.32 Å². The SMILES string of the molecule is O=C1CCC(Cc2cc(Cl)ccc2F)N1. The van der Waals surface area contributed by atoms with E-state index in [1.54, 1.807) is 6.07 Å². The minimum atomic E-state index is -0.263. The van der Waals surface area contributed by atoms with Gasteiger partial charge in [-0.3, -0.25) is 4.79 Å². The van der Waals surface area contributed by atoms with Crippen molar-refractivity contribution in [1.82, 2.24) is 5.32 Å². The number of rotatable bonds is 2. The molecule has 0 spiro atoms. The predicted molar refractivity (Wildman–Crippen MR) is 56.3 cm³/mol. The topological polar surface area (TPSA) is 29.1 Å². The Balaban J connectivity index is 2.10. The lowest BCUT2D eigenvalue weighted by Crippen LogP contribution is -2.27. The van der Waals surface area contributed by atoms with Gasteiger partial charge in [0.25, 0.3) is 0 Å². The van der Waals surface area contributed by atoms with Crippen molar-refractivity contribution in [2.24, 2.45) is 0 Å². The lowest BCUT2D eigenvalue weighted by Gasteiger charge is -2.10. The number of amides is 1. The van der Waals surface area contributed by atoms with Crippen LogP contribution >= 0.6 is 11.6 Å². The molecule has 0 radical (unpaired) electrons.